The third kappa shape index (κ3) is 3.95. The van der Waals surface area contributed by atoms with Gasteiger partial charge in [0.25, 0.3) is 5.91 Å². The zero-order chi connectivity index (χ0) is 15.5. The van der Waals surface area contributed by atoms with Crippen LogP contribution in [0.15, 0.2) is 24.3 Å². The van der Waals surface area contributed by atoms with Crippen molar-refractivity contribution in [2.24, 2.45) is 5.73 Å². The molecule has 0 heterocycles. The first kappa shape index (κ1) is 15.8. The predicted octanol–water partition coefficient (Wildman–Crippen LogP) is 1.06. The van der Waals surface area contributed by atoms with E-state index in [9.17, 15) is 13.2 Å². The average Bonchev–Trinajstić information content (AvgIpc) is 3.23. The molecule has 1 unspecified atom stereocenters. The Labute approximate surface area is 125 Å². The van der Waals surface area contributed by atoms with Crippen LogP contribution >= 0.6 is 0 Å². The summed E-state index contributed by atoms with van der Waals surface area (Å²) >= 11 is 0. The molecule has 1 atom stereocenters. The van der Waals surface area contributed by atoms with E-state index in [1.807, 2.05) is 0 Å². The molecule has 1 aromatic carbocycles. The Bertz CT molecular complexity index is 608. The lowest BCUT2D eigenvalue weighted by Gasteiger charge is -2.17. The van der Waals surface area contributed by atoms with Crippen LogP contribution < -0.4 is 15.8 Å². The van der Waals surface area contributed by atoms with Crippen LogP contribution in [0.4, 0.5) is 5.69 Å². The highest BCUT2D eigenvalue weighted by Crippen LogP contribution is 2.22. The summed E-state index contributed by atoms with van der Waals surface area (Å²) in [4.78, 5) is 12.1. The van der Waals surface area contributed by atoms with Crippen LogP contribution in [0.25, 0.3) is 0 Å². The van der Waals surface area contributed by atoms with E-state index in [1.165, 1.54) is 0 Å². The van der Waals surface area contributed by atoms with Crippen molar-refractivity contribution in [3.8, 4) is 0 Å². The second kappa shape index (κ2) is 6.44. The van der Waals surface area contributed by atoms with E-state index in [-0.39, 0.29) is 18.5 Å². The third-order valence-electron chi connectivity index (χ3n) is 3.49. The molecule has 1 fully saturated rings. The molecule has 1 aliphatic carbocycles. The quantitative estimate of drug-likeness (QED) is 0.700. The molecular weight excluding hydrogens is 290 g/mol. The van der Waals surface area contributed by atoms with Gasteiger partial charge < -0.3 is 11.1 Å². The first-order valence-electron chi connectivity index (χ1n) is 7.09. The van der Waals surface area contributed by atoms with E-state index >= 15 is 0 Å². The zero-order valence-electron chi connectivity index (χ0n) is 12.0. The van der Waals surface area contributed by atoms with Gasteiger partial charge in [-0.25, -0.2) is 8.42 Å². The highest BCUT2D eigenvalue weighted by molar-refractivity contribution is 7.93. The van der Waals surface area contributed by atoms with E-state index in [2.05, 4.69) is 10.0 Å². The summed E-state index contributed by atoms with van der Waals surface area (Å²) in [7, 11) is -3.60. The standard InChI is InChI=1S/C14H21N3O3S/c1-2-11(9-15)21(19,20)17-13-6-4-3-5-12(13)14(18)16-10-7-8-10/h3-6,10-11,17H,2,7-9,15H2,1H3,(H,16,18). The Hall–Kier alpha value is -1.60. The van der Waals surface area contributed by atoms with Gasteiger partial charge in [0.05, 0.1) is 16.5 Å². The lowest BCUT2D eigenvalue weighted by molar-refractivity contribution is 0.0952. The van der Waals surface area contributed by atoms with Crippen LogP contribution in [0.3, 0.4) is 0 Å². The molecule has 0 bridgehead atoms. The minimum atomic E-state index is -3.60. The number of rotatable bonds is 7. The number of nitrogens with two attached hydrogens (primary N) is 1. The van der Waals surface area contributed by atoms with Gasteiger partial charge in [0.2, 0.25) is 10.0 Å². The van der Waals surface area contributed by atoms with Gasteiger partial charge >= 0.3 is 0 Å². The van der Waals surface area contributed by atoms with E-state index in [0.717, 1.165) is 12.8 Å². The van der Waals surface area contributed by atoms with Crippen LogP contribution in [-0.4, -0.2) is 32.2 Å². The number of sulfonamides is 1. The highest BCUT2D eigenvalue weighted by Gasteiger charge is 2.27. The highest BCUT2D eigenvalue weighted by atomic mass is 32.2. The van der Waals surface area contributed by atoms with Gasteiger partial charge in [-0.15, -0.1) is 0 Å². The normalized spacial score (nSPS) is 16.3. The summed E-state index contributed by atoms with van der Waals surface area (Å²) in [6.07, 6.45) is 2.37. The van der Waals surface area contributed by atoms with Crippen molar-refractivity contribution in [2.75, 3.05) is 11.3 Å². The fourth-order valence-corrected chi connectivity index (χ4v) is 3.35. The van der Waals surface area contributed by atoms with Crippen molar-refractivity contribution >= 4 is 21.6 Å². The number of amides is 1. The minimum absolute atomic E-state index is 0.0439. The second-order valence-electron chi connectivity index (χ2n) is 5.21. The maximum absolute atomic E-state index is 12.2. The number of nitrogens with one attached hydrogen (secondary N) is 2. The number of carbonyl (C=O) groups is 1. The second-order valence-corrected chi connectivity index (χ2v) is 7.17. The number of benzene rings is 1. The Kier molecular flexibility index (Phi) is 4.84. The molecule has 0 spiro atoms. The average molecular weight is 311 g/mol. The van der Waals surface area contributed by atoms with Gasteiger partial charge in [-0.05, 0) is 31.4 Å². The van der Waals surface area contributed by atoms with E-state index in [0.29, 0.717) is 17.7 Å². The molecule has 0 aromatic heterocycles. The molecule has 1 saturated carbocycles. The van der Waals surface area contributed by atoms with E-state index in [1.54, 1.807) is 31.2 Å². The predicted molar refractivity (Wildman–Crippen MR) is 82.6 cm³/mol. The van der Waals surface area contributed by atoms with Crippen molar-refractivity contribution in [1.29, 1.82) is 0 Å². The molecule has 116 valence electrons. The fourth-order valence-electron chi connectivity index (χ4n) is 2.01. The summed E-state index contributed by atoms with van der Waals surface area (Å²) in [6, 6.07) is 6.81. The molecule has 0 saturated heterocycles. The van der Waals surface area contributed by atoms with Crippen LogP contribution in [-0.2, 0) is 10.0 Å². The van der Waals surface area contributed by atoms with Crippen LogP contribution in [0, 0.1) is 0 Å². The Morgan fingerprint density at radius 1 is 1.38 bits per heavy atom. The Morgan fingerprint density at radius 2 is 2.05 bits per heavy atom. The topological polar surface area (TPSA) is 101 Å². The zero-order valence-corrected chi connectivity index (χ0v) is 12.8. The lowest BCUT2D eigenvalue weighted by atomic mass is 10.1. The summed E-state index contributed by atoms with van der Waals surface area (Å²) in [5, 5.41) is 2.19. The first-order chi connectivity index (χ1) is 9.97. The third-order valence-corrected chi connectivity index (χ3v) is 5.40. The molecule has 2 rings (SSSR count). The molecule has 4 N–H and O–H groups in total. The smallest absolute Gasteiger partial charge is 0.253 e. The summed E-state index contributed by atoms with van der Waals surface area (Å²) < 4.78 is 27.0. The van der Waals surface area contributed by atoms with Crippen molar-refractivity contribution in [1.82, 2.24) is 5.32 Å². The summed E-state index contributed by atoms with van der Waals surface area (Å²) in [5.74, 6) is -0.253. The molecule has 1 aromatic rings. The largest absolute Gasteiger partial charge is 0.349 e. The van der Waals surface area contributed by atoms with E-state index < -0.39 is 15.3 Å². The van der Waals surface area contributed by atoms with Crippen molar-refractivity contribution in [3.63, 3.8) is 0 Å². The number of carbonyl (C=O) groups excluding carboxylic acids is 1. The monoisotopic (exact) mass is 311 g/mol. The molecule has 7 heteroatoms. The molecule has 1 amide bonds. The van der Waals surface area contributed by atoms with Gasteiger partial charge in [0, 0.05) is 12.6 Å². The maximum Gasteiger partial charge on any atom is 0.253 e. The van der Waals surface area contributed by atoms with Gasteiger partial charge in [-0.2, -0.15) is 0 Å². The molecule has 0 aliphatic heterocycles. The van der Waals surface area contributed by atoms with Gasteiger partial charge in [-0.1, -0.05) is 19.1 Å². The van der Waals surface area contributed by atoms with Crippen LogP contribution in [0.2, 0.25) is 0 Å². The van der Waals surface area contributed by atoms with Crippen molar-refractivity contribution in [3.05, 3.63) is 29.8 Å². The van der Waals surface area contributed by atoms with Crippen molar-refractivity contribution in [2.45, 2.75) is 37.5 Å². The summed E-state index contributed by atoms with van der Waals surface area (Å²) in [6.45, 7) is 1.81. The summed E-state index contributed by atoms with van der Waals surface area (Å²) in [5.41, 5.74) is 6.12. The van der Waals surface area contributed by atoms with Gasteiger partial charge in [0.15, 0.2) is 0 Å². The molecular formula is C14H21N3O3S. The number of hydrogen-bond donors (Lipinski definition) is 3. The van der Waals surface area contributed by atoms with Crippen LogP contribution in [0.5, 0.6) is 0 Å². The van der Waals surface area contributed by atoms with E-state index in [4.69, 9.17) is 5.73 Å². The molecule has 6 nitrogen and oxygen atoms in total. The van der Waals surface area contributed by atoms with Crippen molar-refractivity contribution < 1.29 is 13.2 Å². The molecule has 1 aliphatic rings. The molecule has 21 heavy (non-hydrogen) atoms. The van der Waals surface area contributed by atoms with Gasteiger partial charge in [0.1, 0.15) is 0 Å². The lowest BCUT2D eigenvalue weighted by Crippen LogP contribution is -2.34. The first-order valence-corrected chi connectivity index (χ1v) is 8.64. The minimum Gasteiger partial charge on any atom is -0.349 e. The SMILES string of the molecule is CCC(CN)S(=O)(=O)Nc1ccccc1C(=O)NC1CC1. The van der Waals surface area contributed by atoms with Gasteiger partial charge in [-0.3, -0.25) is 9.52 Å². The number of hydrogen-bond acceptors (Lipinski definition) is 4. The maximum atomic E-state index is 12.2. The Morgan fingerprint density at radius 3 is 2.62 bits per heavy atom. The number of anilines is 1. The van der Waals surface area contributed by atoms with Crippen LogP contribution in [0.1, 0.15) is 36.5 Å². The fraction of sp³-hybridized carbons (Fsp3) is 0.500. The molecule has 0 radical (unpaired) electrons. The number of para-hydroxylation sites is 1. The Balaban J connectivity index is 2.21.